The summed E-state index contributed by atoms with van der Waals surface area (Å²) in [4.78, 5) is 0. The zero-order valence-electron chi connectivity index (χ0n) is 12.0. The highest BCUT2D eigenvalue weighted by molar-refractivity contribution is 5.16. The minimum atomic E-state index is -0.323. The van der Waals surface area contributed by atoms with Crippen molar-refractivity contribution in [3.05, 3.63) is 35.9 Å². The van der Waals surface area contributed by atoms with Gasteiger partial charge < -0.3 is 23.7 Å². The van der Waals surface area contributed by atoms with E-state index in [1.807, 2.05) is 30.3 Å². The van der Waals surface area contributed by atoms with Crippen LogP contribution in [0.25, 0.3) is 0 Å². The lowest BCUT2D eigenvalue weighted by molar-refractivity contribution is -0.344. The van der Waals surface area contributed by atoms with Crippen LogP contribution in [0.15, 0.2) is 30.3 Å². The lowest BCUT2D eigenvalue weighted by Crippen LogP contribution is -2.57. The molecule has 0 amide bonds. The number of methoxy groups -OCH3 is 1. The van der Waals surface area contributed by atoms with Crippen molar-refractivity contribution in [1.82, 2.24) is 0 Å². The van der Waals surface area contributed by atoms with E-state index in [4.69, 9.17) is 23.7 Å². The highest BCUT2D eigenvalue weighted by atomic mass is 16.8. The van der Waals surface area contributed by atoms with Gasteiger partial charge >= 0.3 is 0 Å². The Morgan fingerprint density at radius 1 is 1.05 bits per heavy atom. The lowest BCUT2D eigenvalue weighted by Gasteiger charge is -2.46. The normalized spacial score (nSPS) is 42.3. The molecule has 0 unspecified atom stereocenters. The van der Waals surface area contributed by atoms with Gasteiger partial charge in [-0.2, -0.15) is 0 Å². The van der Waals surface area contributed by atoms with Crippen molar-refractivity contribution in [3.8, 4) is 0 Å². The molecule has 1 aromatic carbocycles. The lowest BCUT2D eigenvalue weighted by atomic mass is 9.87. The van der Waals surface area contributed by atoms with E-state index in [0.717, 1.165) is 18.6 Å². The predicted octanol–water partition coefficient (Wildman–Crippen LogP) is 1.88. The van der Waals surface area contributed by atoms with Crippen LogP contribution in [0.5, 0.6) is 0 Å². The highest BCUT2D eigenvalue weighted by Crippen LogP contribution is 2.41. The Morgan fingerprint density at radius 2 is 1.90 bits per heavy atom. The fourth-order valence-corrected chi connectivity index (χ4v) is 3.52. The second kappa shape index (κ2) is 5.66. The Labute approximate surface area is 124 Å². The number of hydrogen-bond donors (Lipinski definition) is 0. The molecule has 3 heterocycles. The molecule has 0 spiro atoms. The maximum atomic E-state index is 6.20. The maximum Gasteiger partial charge on any atom is 0.184 e. The van der Waals surface area contributed by atoms with Gasteiger partial charge in [-0.05, 0) is 6.42 Å². The van der Waals surface area contributed by atoms with Crippen molar-refractivity contribution in [2.24, 2.45) is 5.92 Å². The van der Waals surface area contributed by atoms with E-state index in [0.29, 0.717) is 12.5 Å². The molecule has 3 aliphatic heterocycles. The molecule has 21 heavy (non-hydrogen) atoms. The summed E-state index contributed by atoms with van der Waals surface area (Å²) in [5.41, 5.74) is 1.04. The van der Waals surface area contributed by atoms with Crippen molar-refractivity contribution in [2.75, 3.05) is 20.3 Å². The largest absolute Gasteiger partial charge is 0.373 e. The Bertz CT molecular complexity index is 479. The topological polar surface area (TPSA) is 46.2 Å². The van der Waals surface area contributed by atoms with Crippen LogP contribution >= 0.6 is 0 Å². The summed E-state index contributed by atoms with van der Waals surface area (Å²) in [6.45, 7) is 1.26. The van der Waals surface area contributed by atoms with Crippen LogP contribution in [0.3, 0.4) is 0 Å². The Hall–Kier alpha value is -0.980. The fourth-order valence-electron chi connectivity index (χ4n) is 3.52. The minimum Gasteiger partial charge on any atom is -0.373 e. The molecule has 0 N–H and O–H groups in total. The number of rotatable bonds is 2. The molecule has 0 aromatic heterocycles. The van der Waals surface area contributed by atoms with Crippen LogP contribution in [0, 0.1) is 5.92 Å². The minimum absolute atomic E-state index is 0.00264. The summed E-state index contributed by atoms with van der Waals surface area (Å²) in [5, 5.41) is 0. The van der Waals surface area contributed by atoms with Crippen LogP contribution in [-0.2, 0) is 23.7 Å². The van der Waals surface area contributed by atoms with Crippen LogP contribution in [0.2, 0.25) is 0 Å². The SMILES string of the molecule is CO[C@H]1O[C@@H]2CO[C@@H](c3ccccc3)O[C@H]2[C@H]2CCO[C@@H]12. The summed E-state index contributed by atoms with van der Waals surface area (Å²) in [6, 6.07) is 10.0. The van der Waals surface area contributed by atoms with E-state index in [1.54, 1.807) is 7.11 Å². The van der Waals surface area contributed by atoms with Crippen molar-refractivity contribution >= 4 is 0 Å². The Balaban J connectivity index is 1.54. The zero-order chi connectivity index (χ0) is 14.2. The van der Waals surface area contributed by atoms with Crippen molar-refractivity contribution in [3.63, 3.8) is 0 Å². The summed E-state index contributed by atoms with van der Waals surface area (Å²) >= 11 is 0. The van der Waals surface area contributed by atoms with Gasteiger partial charge in [-0.25, -0.2) is 0 Å². The average molecular weight is 292 g/mol. The summed E-state index contributed by atoms with van der Waals surface area (Å²) in [6.07, 6.45) is 0.221. The molecule has 6 atom stereocenters. The van der Waals surface area contributed by atoms with Gasteiger partial charge in [0, 0.05) is 25.2 Å². The average Bonchev–Trinajstić information content (AvgIpc) is 3.04. The smallest absolute Gasteiger partial charge is 0.184 e. The Kier molecular flexibility index (Phi) is 3.69. The fraction of sp³-hybridized carbons (Fsp3) is 0.625. The molecule has 0 radical (unpaired) electrons. The van der Waals surface area contributed by atoms with E-state index < -0.39 is 0 Å². The molecule has 3 aliphatic rings. The van der Waals surface area contributed by atoms with Gasteiger partial charge in [-0.1, -0.05) is 30.3 Å². The quantitative estimate of drug-likeness (QED) is 0.833. The number of benzene rings is 1. The Morgan fingerprint density at radius 3 is 2.71 bits per heavy atom. The molecule has 3 saturated heterocycles. The van der Waals surface area contributed by atoms with E-state index >= 15 is 0 Å². The first-order chi connectivity index (χ1) is 10.4. The third-order valence-corrected chi connectivity index (χ3v) is 4.55. The van der Waals surface area contributed by atoms with Gasteiger partial charge in [-0.15, -0.1) is 0 Å². The highest BCUT2D eigenvalue weighted by Gasteiger charge is 2.52. The third kappa shape index (κ3) is 2.39. The van der Waals surface area contributed by atoms with Gasteiger partial charge in [0.05, 0.1) is 12.7 Å². The van der Waals surface area contributed by atoms with Crippen molar-refractivity contribution in [1.29, 1.82) is 0 Å². The molecule has 0 saturated carbocycles. The monoisotopic (exact) mass is 292 g/mol. The summed E-state index contributed by atoms with van der Waals surface area (Å²) in [5.74, 6) is 0.309. The molecule has 0 bridgehead atoms. The van der Waals surface area contributed by atoms with E-state index in [9.17, 15) is 0 Å². The standard InChI is InChI=1S/C16H20O5/c1-17-16-14-11(7-8-18-14)13-12(20-16)9-19-15(21-13)10-5-3-2-4-6-10/h2-6,11-16H,7-9H2,1H3/t11-,12-,13+,14-,15-,16+/m1/s1. The third-order valence-electron chi connectivity index (χ3n) is 4.55. The van der Waals surface area contributed by atoms with E-state index in [2.05, 4.69) is 0 Å². The zero-order valence-corrected chi connectivity index (χ0v) is 12.0. The van der Waals surface area contributed by atoms with Gasteiger partial charge in [0.15, 0.2) is 12.6 Å². The van der Waals surface area contributed by atoms with Gasteiger partial charge in [0.2, 0.25) is 0 Å². The molecule has 3 fully saturated rings. The first-order valence-corrected chi connectivity index (χ1v) is 7.48. The van der Waals surface area contributed by atoms with Gasteiger partial charge in [-0.3, -0.25) is 0 Å². The van der Waals surface area contributed by atoms with Crippen molar-refractivity contribution in [2.45, 2.75) is 37.3 Å². The molecule has 0 aliphatic carbocycles. The second-order valence-electron chi connectivity index (χ2n) is 5.74. The molecule has 4 rings (SSSR count). The molecule has 114 valence electrons. The summed E-state index contributed by atoms with van der Waals surface area (Å²) < 4.78 is 29.2. The van der Waals surface area contributed by atoms with Crippen LogP contribution < -0.4 is 0 Å². The van der Waals surface area contributed by atoms with Crippen LogP contribution in [0.4, 0.5) is 0 Å². The summed E-state index contributed by atoms with van der Waals surface area (Å²) in [7, 11) is 1.65. The van der Waals surface area contributed by atoms with E-state index in [1.165, 1.54) is 0 Å². The number of ether oxygens (including phenoxy) is 5. The first-order valence-electron chi connectivity index (χ1n) is 7.48. The number of fused-ring (bicyclic) bond motifs is 3. The van der Waals surface area contributed by atoms with Gasteiger partial charge in [0.1, 0.15) is 12.2 Å². The first kappa shape index (κ1) is 13.7. The van der Waals surface area contributed by atoms with E-state index in [-0.39, 0.29) is 30.9 Å². The predicted molar refractivity (Wildman–Crippen MR) is 73.5 cm³/mol. The number of hydrogen-bond acceptors (Lipinski definition) is 5. The molecule has 5 nitrogen and oxygen atoms in total. The second-order valence-corrected chi connectivity index (χ2v) is 5.74. The molecule has 5 heteroatoms. The molecule has 1 aromatic rings. The van der Waals surface area contributed by atoms with Crippen LogP contribution in [-0.4, -0.2) is 44.9 Å². The molecular weight excluding hydrogens is 272 g/mol. The molecular formula is C16H20O5. The van der Waals surface area contributed by atoms with Gasteiger partial charge in [0.25, 0.3) is 0 Å². The maximum absolute atomic E-state index is 6.20. The van der Waals surface area contributed by atoms with Crippen molar-refractivity contribution < 1.29 is 23.7 Å². The van der Waals surface area contributed by atoms with Crippen LogP contribution in [0.1, 0.15) is 18.3 Å².